The smallest absolute Gasteiger partial charge is 0.174 e. The van der Waals surface area contributed by atoms with E-state index in [0.717, 1.165) is 43.3 Å². The van der Waals surface area contributed by atoms with E-state index in [2.05, 4.69) is 46.7 Å². The number of nitrogens with zero attached hydrogens (tertiary/aromatic N) is 5. The van der Waals surface area contributed by atoms with Crippen LogP contribution in [0.4, 0.5) is 0 Å². The molecule has 6 nitrogen and oxygen atoms in total. The van der Waals surface area contributed by atoms with Crippen molar-refractivity contribution in [3.8, 4) is 0 Å². The van der Waals surface area contributed by atoms with E-state index in [4.69, 9.17) is 0 Å². The van der Waals surface area contributed by atoms with Crippen molar-refractivity contribution in [1.29, 1.82) is 0 Å². The Morgan fingerprint density at radius 2 is 2.07 bits per heavy atom. The van der Waals surface area contributed by atoms with Gasteiger partial charge in [-0.05, 0) is 96.1 Å². The molecule has 0 radical (unpaired) electrons. The normalized spacial score (nSPS) is 40.9. The van der Waals surface area contributed by atoms with Crippen LogP contribution in [-0.2, 0) is 6.54 Å². The van der Waals surface area contributed by atoms with Crippen molar-refractivity contribution < 1.29 is 5.21 Å². The van der Waals surface area contributed by atoms with Crippen molar-refractivity contribution in [2.24, 2.45) is 33.7 Å². The molecule has 0 aromatic carbocycles. The van der Waals surface area contributed by atoms with Gasteiger partial charge in [-0.1, -0.05) is 30.7 Å². The molecule has 144 valence electrons. The van der Waals surface area contributed by atoms with Crippen LogP contribution in [0.25, 0.3) is 6.08 Å². The molecule has 1 aromatic rings. The molecule has 0 amide bonds. The second kappa shape index (κ2) is 5.76. The molecule has 5 atom stereocenters. The Labute approximate surface area is 160 Å². The van der Waals surface area contributed by atoms with Crippen LogP contribution in [-0.4, -0.2) is 31.1 Å². The first-order valence-electron chi connectivity index (χ1n) is 10.3. The minimum absolute atomic E-state index is 0.165. The lowest BCUT2D eigenvalue weighted by atomic mass is 9.47. The van der Waals surface area contributed by atoms with E-state index in [1.165, 1.54) is 24.8 Å². The Morgan fingerprint density at radius 1 is 1.22 bits per heavy atom. The number of oxime groups is 1. The molecule has 6 heteroatoms. The predicted molar refractivity (Wildman–Crippen MR) is 103 cm³/mol. The highest BCUT2D eigenvalue weighted by Gasteiger charge is 2.57. The highest BCUT2D eigenvalue weighted by Crippen LogP contribution is 2.65. The molecule has 1 aliphatic heterocycles. The number of rotatable bonds is 1. The Morgan fingerprint density at radius 3 is 2.89 bits per heavy atom. The molecule has 0 bridgehead atoms. The van der Waals surface area contributed by atoms with Gasteiger partial charge in [-0.3, -0.25) is 0 Å². The first kappa shape index (κ1) is 17.1. The van der Waals surface area contributed by atoms with Crippen LogP contribution < -0.4 is 0 Å². The zero-order chi connectivity index (χ0) is 18.8. The highest BCUT2D eigenvalue weighted by atomic mass is 16.4. The van der Waals surface area contributed by atoms with Crippen LogP contribution in [0.1, 0.15) is 65.1 Å². The lowest BCUT2D eigenvalue weighted by Gasteiger charge is -2.57. The Bertz CT molecular complexity index is 868. The molecule has 1 N–H and O–H groups in total. The minimum atomic E-state index is 0.165. The van der Waals surface area contributed by atoms with Crippen molar-refractivity contribution in [1.82, 2.24) is 20.2 Å². The van der Waals surface area contributed by atoms with Crippen molar-refractivity contribution in [3.05, 3.63) is 23.0 Å². The van der Waals surface area contributed by atoms with Crippen LogP contribution in [0, 0.1) is 28.6 Å². The Balaban J connectivity index is 1.49. The summed E-state index contributed by atoms with van der Waals surface area (Å²) in [5.41, 5.74) is 4.05. The molecule has 3 aliphatic carbocycles. The Hall–Kier alpha value is -1.98. The van der Waals surface area contributed by atoms with Gasteiger partial charge in [-0.25, -0.2) is 4.68 Å². The molecule has 5 rings (SSSR count). The third-order valence-corrected chi connectivity index (χ3v) is 8.56. The monoisotopic (exact) mass is 367 g/mol. The van der Waals surface area contributed by atoms with Gasteiger partial charge in [0.25, 0.3) is 0 Å². The van der Waals surface area contributed by atoms with Crippen LogP contribution in [0.15, 0.2) is 22.4 Å². The van der Waals surface area contributed by atoms with Crippen LogP contribution >= 0.6 is 0 Å². The quantitative estimate of drug-likeness (QED) is 0.461. The van der Waals surface area contributed by atoms with Gasteiger partial charge in [0.2, 0.25) is 0 Å². The fourth-order valence-electron chi connectivity index (χ4n) is 7.06. The lowest BCUT2D eigenvalue weighted by Crippen LogP contribution is -2.49. The number of fused-ring (bicyclic) bond motifs is 6. The molecule has 2 saturated carbocycles. The third kappa shape index (κ3) is 2.25. The third-order valence-electron chi connectivity index (χ3n) is 8.56. The maximum Gasteiger partial charge on any atom is 0.174 e. The molecular weight excluding hydrogens is 338 g/mol. The predicted octanol–water partition coefficient (Wildman–Crippen LogP) is 4.09. The average molecular weight is 367 g/mol. The number of hydrogen-bond acceptors (Lipinski definition) is 5. The summed E-state index contributed by atoms with van der Waals surface area (Å²) >= 11 is 0. The summed E-state index contributed by atoms with van der Waals surface area (Å²) in [5, 5.41) is 25.1. The molecule has 4 aliphatic rings. The number of aromatic nitrogens is 4. The van der Waals surface area contributed by atoms with E-state index >= 15 is 0 Å². The standard InChI is InChI=1S/C21H29N5O/c1-13(23-27)16-6-7-17-15-5-4-14-12-19-22-24-25-26(19)11-10-20(14,2)18(15)8-9-21(16,17)3/h6,12,15,17-18,27H,4-5,7-11H2,1-3H3. The first-order chi connectivity index (χ1) is 13.0. The molecular formula is C21H29N5O. The van der Waals surface area contributed by atoms with E-state index in [1.54, 1.807) is 5.57 Å². The van der Waals surface area contributed by atoms with Gasteiger partial charge in [0.1, 0.15) is 0 Å². The van der Waals surface area contributed by atoms with E-state index in [0.29, 0.717) is 11.8 Å². The van der Waals surface area contributed by atoms with Crippen molar-refractivity contribution in [2.75, 3.05) is 0 Å². The molecule has 27 heavy (non-hydrogen) atoms. The van der Waals surface area contributed by atoms with Crippen molar-refractivity contribution in [2.45, 2.75) is 65.8 Å². The largest absolute Gasteiger partial charge is 0.411 e. The second-order valence-electron chi connectivity index (χ2n) is 9.51. The first-order valence-corrected chi connectivity index (χ1v) is 10.3. The van der Waals surface area contributed by atoms with E-state index in [9.17, 15) is 5.21 Å². The topological polar surface area (TPSA) is 76.2 Å². The number of allylic oxidation sites excluding steroid dienone is 3. The maximum absolute atomic E-state index is 9.34. The van der Waals surface area contributed by atoms with Gasteiger partial charge in [0.15, 0.2) is 5.82 Å². The average Bonchev–Trinajstić information content (AvgIpc) is 3.22. The summed E-state index contributed by atoms with van der Waals surface area (Å²) in [6, 6.07) is 0. The maximum atomic E-state index is 9.34. The van der Waals surface area contributed by atoms with Gasteiger partial charge in [-0.15, -0.1) is 5.10 Å². The van der Waals surface area contributed by atoms with Crippen molar-refractivity contribution in [3.63, 3.8) is 0 Å². The van der Waals surface area contributed by atoms with Crippen LogP contribution in [0.3, 0.4) is 0 Å². The summed E-state index contributed by atoms with van der Waals surface area (Å²) in [5.74, 6) is 3.05. The number of hydrogen-bond donors (Lipinski definition) is 1. The van der Waals surface area contributed by atoms with Gasteiger partial charge in [0, 0.05) is 6.54 Å². The van der Waals surface area contributed by atoms with E-state index in [1.807, 2.05) is 11.6 Å². The van der Waals surface area contributed by atoms with Gasteiger partial charge >= 0.3 is 0 Å². The molecule has 2 heterocycles. The van der Waals surface area contributed by atoms with Gasteiger partial charge in [0.05, 0.1) is 5.71 Å². The van der Waals surface area contributed by atoms with E-state index < -0.39 is 0 Å². The summed E-state index contributed by atoms with van der Waals surface area (Å²) in [4.78, 5) is 0. The summed E-state index contributed by atoms with van der Waals surface area (Å²) < 4.78 is 1.97. The fourth-order valence-corrected chi connectivity index (χ4v) is 7.06. The Kier molecular flexibility index (Phi) is 3.66. The summed E-state index contributed by atoms with van der Waals surface area (Å²) in [7, 11) is 0. The molecule has 2 fully saturated rings. The molecule has 0 saturated heterocycles. The zero-order valence-electron chi connectivity index (χ0n) is 16.5. The fraction of sp³-hybridized carbons (Fsp3) is 0.714. The second-order valence-corrected chi connectivity index (χ2v) is 9.51. The van der Waals surface area contributed by atoms with Crippen molar-refractivity contribution >= 4 is 11.8 Å². The van der Waals surface area contributed by atoms with Crippen LogP contribution in [0.5, 0.6) is 0 Å². The van der Waals surface area contributed by atoms with Gasteiger partial charge < -0.3 is 5.21 Å². The molecule has 1 aromatic heterocycles. The lowest BCUT2D eigenvalue weighted by molar-refractivity contribution is -0.0244. The number of aryl methyl sites for hydroxylation is 1. The molecule has 5 unspecified atom stereocenters. The van der Waals surface area contributed by atoms with Crippen LogP contribution in [0.2, 0.25) is 0 Å². The van der Waals surface area contributed by atoms with E-state index in [-0.39, 0.29) is 10.8 Å². The zero-order valence-corrected chi connectivity index (χ0v) is 16.5. The minimum Gasteiger partial charge on any atom is -0.411 e. The van der Waals surface area contributed by atoms with Gasteiger partial charge in [-0.2, -0.15) is 0 Å². The summed E-state index contributed by atoms with van der Waals surface area (Å²) in [6.45, 7) is 7.75. The summed E-state index contributed by atoms with van der Waals surface area (Å²) in [6.07, 6.45) is 11.7. The number of tetrazole rings is 1. The SMILES string of the molecule is CC(=NO)C1=CCC2C3CCC4=Cc5nnnn5CCC4(C)C3CCC12C. The highest BCUT2D eigenvalue weighted by molar-refractivity contribution is 5.99. The molecule has 0 spiro atoms.